The topological polar surface area (TPSA) is 77.5 Å². The van der Waals surface area contributed by atoms with E-state index in [-0.39, 0.29) is 6.04 Å². The van der Waals surface area contributed by atoms with Crippen molar-refractivity contribution >= 4 is 5.96 Å². The van der Waals surface area contributed by atoms with Gasteiger partial charge in [-0.2, -0.15) is 5.10 Å². The number of nitrogens with one attached hydrogen (secondary N) is 1. The van der Waals surface area contributed by atoms with E-state index in [4.69, 9.17) is 10.5 Å². The second kappa shape index (κ2) is 6.12. The fourth-order valence-corrected chi connectivity index (χ4v) is 1.31. The van der Waals surface area contributed by atoms with Crippen LogP contribution in [0, 0.1) is 0 Å². The molecule has 90 valence electrons. The molecular formula is C10H19N5O. The van der Waals surface area contributed by atoms with Crippen molar-refractivity contribution in [2.24, 2.45) is 17.8 Å². The van der Waals surface area contributed by atoms with Crippen LogP contribution in [0.4, 0.5) is 0 Å². The molecule has 1 atom stereocenters. The molecule has 3 N–H and O–H groups in total. The molecule has 6 heteroatoms. The number of aliphatic imine (C=N–C) groups is 1. The third-order valence-corrected chi connectivity index (χ3v) is 2.14. The number of ether oxygens (including phenoxy) is 1. The fourth-order valence-electron chi connectivity index (χ4n) is 1.31. The Labute approximate surface area is 95.5 Å². The van der Waals surface area contributed by atoms with Gasteiger partial charge in [0.25, 0.3) is 0 Å². The van der Waals surface area contributed by atoms with Crippen molar-refractivity contribution in [3.05, 3.63) is 18.0 Å². The Bertz CT molecular complexity index is 347. The number of guanidine groups is 1. The van der Waals surface area contributed by atoms with Crippen LogP contribution in [0.5, 0.6) is 0 Å². The zero-order chi connectivity index (χ0) is 12.0. The van der Waals surface area contributed by atoms with Crippen molar-refractivity contribution in [3.63, 3.8) is 0 Å². The number of nitrogens with zero attached hydrogens (tertiary/aromatic N) is 3. The van der Waals surface area contributed by atoms with Crippen LogP contribution in [0.2, 0.25) is 0 Å². The normalized spacial score (nSPS) is 13.8. The molecule has 1 rings (SSSR count). The molecule has 0 bridgehead atoms. The first-order valence-corrected chi connectivity index (χ1v) is 5.15. The highest BCUT2D eigenvalue weighted by Gasteiger charge is 2.02. The number of methoxy groups -OCH3 is 1. The van der Waals surface area contributed by atoms with Gasteiger partial charge in [-0.3, -0.25) is 4.68 Å². The molecule has 1 aromatic rings. The largest absolute Gasteiger partial charge is 0.383 e. The van der Waals surface area contributed by atoms with Crippen molar-refractivity contribution < 1.29 is 4.74 Å². The van der Waals surface area contributed by atoms with E-state index in [1.165, 1.54) is 0 Å². The van der Waals surface area contributed by atoms with Crippen LogP contribution in [0.15, 0.2) is 17.3 Å². The Hall–Kier alpha value is -1.56. The van der Waals surface area contributed by atoms with Gasteiger partial charge in [-0.25, -0.2) is 4.99 Å². The van der Waals surface area contributed by atoms with Gasteiger partial charge in [0.2, 0.25) is 0 Å². The van der Waals surface area contributed by atoms with Gasteiger partial charge in [0.1, 0.15) is 0 Å². The lowest BCUT2D eigenvalue weighted by Crippen LogP contribution is -2.40. The number of aryl methyl sites for hydroxylation is 1. The molecule has 0 unspecified atom stereocenters. The van der Waals surface area contributed by atoms with Crippen LogP contribution in [0.1, 0.15) is 12.6 Å². The van der Waals surface area contributed by atoms with Crippen LogP contribution in [0.3, 0.4) is 0 Å². The van der Waals surface area contributed by atoms with Gasteiger partial charge in [-0.05, 0) is 13.0 Å². The second-order valence-corrected chi connectivity index (χ2v) is 3.65. The van der Waals surface area contributed by atoms with Gasteiger partial charge in [0, 0.05) is 26.4 Å². The quantitative estimate of drug-likeness (QED) is 0.540. The van der Waals surface area contributed by atoms with Crippen LogP contribution < -0.4 is 11.1 Å². The lowest BCUT2D eigenvalue weighted by molar-refractivity contribution is 0.179. The summed E-state index contributed by atoms with van der Waals surface area (Å²) in [4.78, 5) is 4.22. The second-order valence-electron chi connectivity index (χ2n) is 3.65. The number of nitrogens with two attached hydrogens (primary N) is 1. The molecule has 0 spiro atoms. The molecule has 16 heavy (non-hydrogen) atoms. The van der Waals surface area contributed by atoms with Crippen LogP contribution in [0.25, 0.3) is 0 Å². The maximum Gasteiger partial charge on any atom is 0.189 e. The highest BCUT2D eigenvalue weighted by molar-refractivity contribution is 5.78. The lowest BCUT2D eigenvalue weighted by Gasteiger charge is -2.12. The predicted octanol–water partition coefficient (Wildman–Crippen LogP) is -0.141. The van der Waals surface area contributed by atoms with Gasteiger partial charge in [0.05, 0.1) is 18.8 Å². The first kappa shape index (κ1) is 12.5. The summed E-state index contributed by atoms with van der Waals surface area (Å²) < 4.78 is 6.76. The zero-order valence-electron chi connectivity index (χ0n) is 9.97. The Morgan fingerprint density at radius 1 is 1.75 bits per heavy atom. The minimum atomic E-state index is 0.153. The maximum absolute atomic E-state index is 5.73. The van der Waals surface area contributed by atoms with Gasteiger partial charge in [-0.1, -0.05) is 0 Å². The summed E-state index contributed by atoms with van der Waals surface area (Å²) in [6.45, 7) is 3.10. The zero-order valence-corrected chi connectivity index (χ0v) is 9.97. The van der Waals surface area contributed by atoms with Crippen molar-refractivity contribution in [2.45, 2.75) is 19.5 Å². The smallest absolute Gasteiger partial charge is 0.189 e. The molecule has 0 aliphatic heterocycles. The monoisotopic (exact) mass is 225 g/mol. The Kier molecular flexibility index (Phi) is 4.78. The van der Waals surface area contributed by atoms with Crippen LogP contribution in [-0.2, 0) is 18.3 Å². The molecule has 0 aliphatic rings. The van der Waals surface area contributed by atoms with Crippen molar-refractivity contribution in [3.8, 4) is 0 Å². The summed E-state index contributed by atoms with van der Waals surface area (Å²) in [5, 5.41) is 7.09. The number of aromatic nitrogens is 2. The molecule has 0 fully saturated rings. The van der Waals surface area contributed by atoms with Gasteiger partial charge >= 0.3 is 0 Å². The van der Waals surface area contributed by atoms with E-state index < -0.39 is 0 Å². The van der Waals surface area contributed by atoms with E-state index in [2.05, 4.69) is 15.4 Å². The Morgan fingerprint density at radius 2 is 2.50 bits per heavy atom. The molecule has 0 aromatic carbocycles. The molecule has 6 nitrogen and oxygen atoms in total. The van der Waals surface area contributed by atoms with E-state index in [9.17, 15) is 0 Å². The average Bonchev–Trinajstić information content (AvgIpc) is 2.61. The summed E-state index contributed by atoms with van der Waals surface area (Å²) in [7, 11) is 3.53. The third kappa shape index (κ3) is 3.90. The highest BCUT2D eigenvalue weighted by atomic mass is 16.5. The molecule has 0 saturated heterocycles. The SMILES string of the molecule is COC[C@H](C)NC(N)=NCc1ccnn1C. The van der Waals surface area contributed by atoms with E-state index >= 15 is 0 Å². The summed E-state index contributed by atoms with van der Waals surface area (Å²) >= 11 is 0. The Morgan fingerprint density at radius 3 is 3.06 bits per heavy atom. The maximum atomic E-state index is 5.73. The van der Waals surface area contributed by atoms with Crippen molar-refractivity contribution in [1.29, 1.82) is 0 Å². The van der Waals surface area contributed by atoms with E-state index in [0.29, 0.717) is 19.1 Å². The summed E-state index contributed by atoms with van der Waals surface area (Å²) in [6, 6.07) is 2.07. The van der Waals surface area contributed by atoms with E-state index in [1.807, 2.05) is 20.0 Å². The van der Waals surface area contributed by atoms with Crippen LogP contribution in [-0.4, -0.2) is 35.5 Å². The minimum absolute atomic E-state index is 0.153. The standard InChI is InChI=1S/C10H19N5O/c1-8(7-16-3)14-10(11)12-6-9-4-5-13-15(9)2/h4-5,8H,6-7H2,1-3H3,(H3,11,12,14)/t8-/m0/s1. The van der Waals surface area contributed by atoms with E-state index in [0.717, 1.165) is 5.69 Å². The van der Waals surface area contributed by atoms with Crippen molar-refractivity contribution in [1.82, 2.24) is 15.1 Å². The average molecular weight is 225 g/mol. The lowest BCUT2D eigenvalue weighted by atomic mass is 10.4. The summed E-state index contributed by atoms with van der Waals surface area (Å²) in [5.41, 5.74) is 6.74. The molecule has 0 saturated carbocycles. The van der Waals surface area contributed by atoms with Gasteiger partial charge < -0.3 is 15.8 Å². The molecule has 0 amide bonds. The molecule has 1 aromatic heterocycles. The highest BCUT2D eigenvalue weighted by Crippen LogP contribution is 1.97. The van der Waals surface area contributed by atoms with E-state index in [1.54, 1.807) is 18.0 Å². The molecular weight excluding hydrogens is 206 g/mol. The first-order valence-electron chi connectivity index (χ1n) is 5.15. The van der Waals surface area contributed by atoms with Crippen molar-refractivity contribution in [2.75, 3.05) is 13.7 Å². The number of hydrogen-bond acceptors (Lipinski definition) is 3. The van der Waals surface area contributed by atoms with Gasteiger partial charge in [-0.15, -0.1) is 0 Å². The Balaban J connectivity index is 2.42. The third-order valence-electron chi connectivity index (χ3n) is 2.14. The summed E-state index contributed by atoms with van der Waals surface area (Å²) in [6.07, 6.45) is 1.74. The fraction of sp³-hybridized carbons (Fsp3) is 0.600. The predicted molar refractivity (Wildman–Crippen MR) is 63.0 cm³/mol. The molecule has 0 aliphatic carbocycles. The molecule has 0 radical (unpaired) electrons. The van der Waals surface area contributed by atoms with Crippen LogP contribution >= 0.6 is 0 Å². The summed E-state index contributed by atoms with van der Waals surface area (Å²) in [5.74, 6) is 0.422. The minimum Gasteiger partial charge on any atom is -0.383 e. The first-order chi connectivity index (χ1) is 7.63. The number of rotatable bonds is 5. The molecule has 1 heterocycles. The number of hydrogen-bond donors (Lipinski definition) is 2. The van der Waals surface area contributed by atoms with Gasteiger partial charge in [0.15, 0.2) is 5.96 Å².